The van der Waals surface area contributed by atoms with Gasteiger partial charge in [0.15, 0.2) is 5.82 Å². The molecule has 106 valence electrons. The Morgan fingerprint density at radius 1 is 1.14 bits per heavy atom. The van der Waals surface area contributed by atoms with Crippen LogP contribution in [-0.4, -0.2) is 19.7 Å². The van der Waals surface area contributed by atoms with Gasteiger partial charge < -0.3 is 11.1 Å². The van der Waals surface area contributed by atoms with Crippen LogP contribution in [0.4, 0.5) is 11.6 Å². The number of anilines is 2. The Kier molecular flexibility index (Phi) is 3.51. The fourth-order valence-corrected chi connectivity index (χ4v) is 2.01. The number of rotatable bonds is 4. The summed E-state index contributed by atoms with van der Waals surface area (Å²) in [6.07, 6.45) is 1.90. The Balaban J connectivity index is 1.81. The Morgan fingerprint density at radius 3 is 2.67 bits per heavy atom. The minimum atomic E-state index is 0.437. The van der Waals surface area contributed by atoms with Gasteiger partial charge in [-0.2, -0.15) is 5.10 Å². The van der Waals surface area contributed by atoms with Crippen molar-refractivity contribution in [2.75, 3.05) is 11.1 Å². The maximum Gasteiger partial charge on any atom is 0.163 e. The van der Waals surface area contributed by atoms with Gasteiger partial charge in [0, 0.05) is 24.9 Å². The number of hydrogen-bond donors (Lipinski definition) is 2. The molecular formula is C15H16N6. The van der Waals surface area contributed by atoms with Crippen LogP contribution in [0.15, 0.2) is 48.7 Å². The zero-order valence-corrected chi connectivity index (χ0v) is 11.7. The molecule has 6 nitrogen and oxygen atoms in total. The number of nitrogens with zero attached hydrogens (tertiary/aromatic N) is 4. The normalized spacial score (nSPS) is 10.5. The number of aryl methyl sites for hydroxylation is 1. The third-order valence-electron chi connectivity index (χ3n) is 3.00. The van der Waals surface area contributed by atoms with Crippen LogP contribution in [0.3, 0.4) is 0 Å². The maximum atomic E-state index is 5.86. The van der Waals surface area contributed by atoms with Crippen molar-refractivity contribution in [2.45, 2.75) is 6.54 Å². The molecule has 0 radical (unpaired) electrons. The average Bonchev–Trinajstić information content (AvgIpc) is 2.91. The second-order valence-electron chi connectivity index (χ2n) is 4.70. The highest BCUT2D eigenvalue weighted by Gasteiger charge is 2.05. The van der Waals surface area contributed by atoms with Crippen molar-refractivity contribution in [3.05, 3.63) is 54.4 Å². The molecule has 1 aromatic carbocycles. The number of nitrogens with one attached hydrogen (secondary N) is 1. The van der Waals surface area contributed by atoms with Crippen LogP contribution in [0.25, 0.3) is 11.4 Å². The fraction of sp³-hybridized carbons (Fsp3) is 0.133. The minimum Gasteiger partial charge on any atom is -0.384 e. The quantitative estimate of drug-likeness (QED) is 0.764. The lowest BCUT2D eigenvalue weighted by molar-refractivity contribution is 0.747. The molecule has 3 N–H and O–H groups in total. The van der Waals surface area contributed by atoms with Crippen LogP contribution in [0.5, 0.6) is 0 Å². The largest absolute Gasteiger partial charge is 0.384 e. The summed E-state index contributed by atoms with van der Waals surface area (Å²) in [7, 11) is 1.89. The van der Waals surface area contributed by atoms with E-state index in [0.29, 0.717) is 24.0 Å². The van der Waals surface area contributed by atoms with Gasteiger partial charge in [0.25, 0.3) is 0 Å². The van der Waals surface area contributed by atoms with E-state index in [1.165, 1.54) is 0 Å². The fourth-order valence-electron chi connectivity index (χ4n) is 2.01. The summed E-state index contributed by atoms with van der Waals surface area (Å²) in [5.41, 5.74) is 7.74. The van der Waals surface area contributed by atoms with E-state index < -0.39 is 0 Å². The van der Waals surface area contributed by atoms with Gasteiger partial charge in [0.1, 0.15) is 11.6 Å². The van der Waals surface area contributed by atoms with Gasteiger partial charge in [-0.05, 0) is 6.07 Å². The lowest BCUT2D eigenvalue weighted by Gasteiger charge is -2.07. The summed E-state index contributed by atoms with van der Waals surface area (Å²) < 4.78 is 1.76. The second kappa shape index (κ2) is 5.62. The first kappa shape index (κ1) is 13.1. The number of aromatic nitrogens is 4. The highest BCUT2D eigenvalue weighted by Crippen LogP contribution is 2.18. The average molecular weight is 280 g/mol. The predicted octanol–water partition coefficient (Wildman–Crippen LogP) is 2.07. The molecular weight excluding hydrogens is 264 g/mol. The van der Waals surface area contributed by atoms with Gasteiger partial charge in [0.2, 0.25) is 0 Å². The van der Waals surface area contributed by atoms with E-state index in [9.17, 15) is 0 Å². The molecule has 0 spiro atoms. The van der Waals surface area contributed by atoms with Crippen molar-refractivity contribution in [1.82, 2.24) is 19.7 Å². The van der Waals surface area contributed by atoms with Crippen LogP contribution in [0, 0.1) is 0 Å². The first-order chi connectivity index (χ1) is 10.2. The molecule has 6 heteroatoms. The molecule has 0 amide bonds. The Morgan fingerprint density at radius 2 is 1.95 bits per heavy atom. The van der Waals surface area contributed by atoms with Crippen LogP contribution >= 0.6 is 0 Å². The van der Waals surface area contributed by atoms with Crippen LogP contribution in [0.1, 0.15) is 5.69 Å². The minimum absolute atomic E-state index is 0.437. The lowest BCUT2D eigenvalue weighted by atomic mass is 10.2. The topological polar surface area (TPSA) is 81.7 Å². The monoisotopic (exact) mass is 280 g/mol. The highest BCUT2D eigenvalue weighted by atomic mass is 15.3. The number of nitrogen functional groups attached to an aromatic ring is 1. The molecule has 0 saturated heterocycles. The third kappa shape index (κ3) is 3.17. The van der Waals surface area contributed by atoms with Crippen molar-refractivity contribution in [2.24, 2.45) is 7.05 Å². The SMILES string of the molecule is Cn1ccc(CNc2cc(N)nc(-c3ccccc3)n2)n1. The molecule has 0 saturated carbocycles. The Bertz CT molecular complexity index is 735. The number of nitrogens with two attached hydrogens (primary N) is 1. The molecule has 0 aliphatic rings. The first-order valence-corrected chi connectivity index (χ1v) is 6.63. The Labute approximate surface area is 122 Å². The molecule has 2 heterocycles. The van der Waals surface area contributed by atoms with Crippen molar-refractivity contribution in [1.29, 1.82) is 0 Å². The van der Waals surface area contributed by atoms with Gasteiger partial charge in [-0.15, -0.1) is 0 Å². The summed E-state index contributed by atoms with van der Waals surface area (Å²) in [5.74, 6) is 1.73. The summed E-state index contributed by atoms with van der Waals surface area (Å²) >= 11 is 0. The standard InChI is InChI=1S/C15H16N6/c1-21-8-7-12(20-21)10-17-14-9-13(16)18-15(19-14)11-5-3-2-4-6-11/h2-9H,10H2,1H3,(H3,16,17,18,19). The molecule has 0 aliphatic heterocycles. The van der Waals surface area contributed by atoms with Gasteiger partial charge in [0.05, 0.1) is 12.2 Å². The molecule has 3 aromatic rings. The lowest BCUT2D eigenvalue weighted by Crippen LogP contribution is -2.05. The van der Waals surface area contributed by atoms with Crippen molar-refractivity contribution in [3.8, 4) is 11.4 Å². The van der Waals surface area contributed by atoms with Gasteiger partial charge in [-0.3, -0.25) is 4.68 Å². The number of hydrogen-bond acceptors (Lipinski definition) is 5. The zero-order chi connectivity index (χ0) is 14.7. The van der Waals surface area contributed by atoms with E-state index in [1.54, 1.807) is 10.7 Å². The summed E-state index contributed by atoms with van der Waals surface area (Å²) in [5, 5.41) is 7.53. The van der Waals surface area contributed by atoms with Crippen molar-refractivity contribution in [3.63, 3.8) is 0 Å². The van der Waals surface area contributed by atoms with Gasteiger partial charge in [-0.1, -0.05) is 30.3 Å². The van der Waals surface area contributed by atoms with Crippen LogP contribution < -0.4 is 11.1 Å². The Hall–Kier alpha value is -2.89. The predicted molar refractivity (Wildman–Crippen MR) is 82.4 cm³/mol. The van der Waals surface area contributed by atoms with Crippen molar-refractivity contribution >= 4 is 11.6 Å². The maximum absolute atomic E-state index is 5.86. The van der Waals surface area contributed by atoms with E-state index in [0.717, 1.165) is 11.3 Å². The van der Waals surface area contributed by atoms with Crippen LogP contribution in [0.2, 0.25) is 0 Å². The third-order valence-corrected chi connectivity index (χ3v) is 3.00. The first-order valence-electron chi connectivity index (χ1n) is 6.63. The van der Waals surface area contributed by atoms with E-state index in [2.05, 4.69) is 20.4 Å². The van der Waals surface area contributed by atoms with E-state index in [4.69, 9.17) is 5.73 Å². The molecule has 0 atom stereocenters. The molecule has 21 heavy (non-hydrogen) atoms. The molecule has 0 unspecified atom stereocenters. The molecule has 0 fully saturated rings. The van der Waals surface area contributed by atoms with Crippen LogP contribution in [-0.2, 0) is 13.6 Å². The highest BCUT2D eigenvalue weighted by molar-refractivity contribution is 5.60. The number of benzene rings is 1. The molecule has 3 rings (SSSR count). The summed E-state index contributed by atoms with van der Waals surface area (Å²) in [6.45, 7) is 0.589. The van der Waals surface area contributed by atoms with Crippen molar-refractivity contribution < 1.29 is 0 Å². The zero-order valence-electron chi connectivity index (χ0n) is 11.7. The van der Waals surface area contributed by atoms with E-state index in [-0.39, 0.29) is 0 Å². The molecule has 0 aliphatic carbocycles. The summed E-state index contributed by atoms with van der Waals surface area (Å²) in [6, 6.07) is 13.4. The van der Waals surface area contributed by atoms with Gasteiger partial charge in [-0.25, -0.2) is 9.97 Å². The second-order valence-corrected chi connectivity index (χ2v) is 4.70. The molecule has 0 bridgehead atoms. The van der Waals surface area contributed by atoms with E-state index in [1.807, 2.05) is 49.6 Å². The molecule has 2 aromatic heterocycles. The van der Waals surface area contributed by atoms with E-state index >= 15 is 0 Å². The van der Waals surface area contributed by atoms with Gasteiger partial charge >= 0.3 is 0 Å². The summed E-state index contributed by atoms with van der Waals surface area (Å²) in [4.78, 5) is 8.76. The smallest absolute Gasteiger partial charge is 0.163 e.